The van der Waals surface area contributed by atoms with Gasteiger partial charge in [0.25, 0.3) is 5.91 Å². The van der Waals surface area contributed by atoms with E-state index in [4.69, 9.17) is 4.74 Å². The highest BCUT2D eigenvalue weighted by Gasteiger charge is 2.29. The van der Waals surface area contributed by atoms with Crippen molar-refractivity contribution in [3.8, 4) is 5.75 Å². The predicted molar refractivity (Wildman–Crippen MR) is 100.0 cm³/mol. The molecule has 27 heavy (non-hydrogen) atoms. The van der Waals surface area contributed by atoms with Crippen molar-refractivity contribution in [1.82, 2.24) is 4.31 Å². The van der Waals surface area contributed by atoms with E-state index < -0.39 is 26.6 Å². The Labute approximate surface area is 158 Å². The maximum absolute atomic E-state index is 14.3. The Morgan fingerprint density at radius 3 is 2.52 bits per heavy atom. The van der Waals surface area contributed by atoms with Crippen molar-refractivity contribution >= 4 is 21.6 Å². The van der Waals surface area contributed by atoms with E-state index in [9.17, 15) is 17.6 Å². The van der Waals surface area contributed by atoms with Crippen molar-refractivity contribution < 1.29 is 22.3 Å². The van der Waals surface area contributed by atoms with E-state index in [1.165, 1.54) is 17.5 Å². The number of anilines is 1. The largest absolute Gasteiger partial charge is 0.495 e. The minimum Gasteiger partial charge on any atom is -0.495 e. The van der Waals surface area contributed by atoms with E-state index in [1.54, 1.807) is 24.3 Å². The maximum atomic E-state index is 14.3. The lowest BCUT2D eigenvalue weighted by Gasteiger charge is -2.26. The number of benzene rings is 2. The Morgan fingerprint density at radius 1 is 1.11 bits per heavy atom. The van der Waals surface area contributed by atoms with Gasteiger partial charge in [0.1, 0.15) is 16.5 Å². The van der Waals surface area contributed by atoms with Gasteiger partial charge in [-0.1, -0.05) is 18.6 Å². The number of methoxy groups -OCH3 is 1. The third-order valence-corrected chi connectivity index (χ3v) is 6.40. The van der Waals surface area contributed by atoms with E-state index in [2.05, 4.69) is 5.32 Å². The van der Waals surface area contributed by atoms with Crippen LogP contribution in [0.2, 0.25) is 0 Å². The summed E-state index contributed by atoms with van der Waals surface area (Å²) in [7, 11) is -2.50. The maximum Gasteiger partial charge on any atom is 0.255 e. The zero-order valence-electron chi connectivity index (χ0n) is 14.9. The second-order valence-electron chi connectivity index (χ2n) is 6.26. The molecule has 144 valence electrons. The summed E-state index contributed by atoms with van der Waals surface area (Å²) in [6.45, 7) is 0.721. The number of carbonyl (C=O) groups excluding carboxylic acids is 1. The van der Waals surface area contributed by atoms with Crippen molar-refractivity contribution in [2.45, 2.75) is 24.2 Å². The molecule has 0 bridgehead atoms. The van der Waals surface area contributed by atoms with Crippen LogP contribution in [0.1, 0.15) is 29.6 Å². The Hall–Kier alpha value is -2.45. The molecule has 0 radical (unpaired) electrons. The number of hydrogen-bond acceptors (Lipinski definition) is 4. The number of ether oxygens (including phenoxy) is 1. The molecule has 6 nitrogen and oxygen atoms in total. The second-order valence-corrected chi connectivity index (χ2v) is 8.17. The molecule has 1 heterocycles. The molecule has 2 aromatic rings. The molecule has 0 saturated carbocycles. The third-order valence-electron chi connectivity index (χ3n) is 4.48. The predicted octanol–water partition coefficient (Wildman–Crippen LogP) is 3.26. The summed E-state index contributed by atoms with van der Waals surface area (Å²) in [5.74, 6) is -0.946. The summed E-state index contributed by atoms with van der Waals surface area (Å²) in [5.41, 5.74) is 0.493. The molecule has 1 amide bonds. The van der Waals surface area contributed by atoms with Gasteiger partial charge >= 0.3 is 0 Å². The SMILES string of the molecule is COc1ccccc1NC(=O)c1ccc(F)c(S(=O)(=O)N2CCCCC2)c1. The first kappa shape index (κ1) is 19.3. The number of sulfonamides is 1. The van der Waals surface area contributed by atoms with Gasteiger partial charge in [0.05, 0.1) is 12.8 Å². The molecule has 0 aromatic heterocycles. The first-order valence-electron chi connectivity index (χ1n) is 8.67. The second kappa shape index (κ2) is 8.06. The molecule has 0 spiro atoms. The van der Waals surface area contributed by atoms with E-state index in [0.717, 1.165) is 31.4 Å². The lowest BCUT2D eigenvalue weighted by Crippen LogP contribution is -2.36. The normalized spacial score (nSPS) is 15.3. The zero-order chi connectivity index (χ0) is 19.4. The van der Waals surface area contributed by atoms with Crippen LogP contribution in [0.3, 0.4) is 0 Å². The van der Waals surface area contributed by atoms with Gasteiger partial charge in [0.15, 0.2) is 0 Å². The first-order chi connectivity index (χ1) is 12.9. The van der Waals surface area contributed by atoms with Crippen LogP contribution in [0, 0.1) is 5.82 Å². The lowest BCUT2D eigenvalue weighted by molar-refractivity contribution is 0.102. The van der Waals surface area contributed by atoms with Gasteiger partial charge in [0, 0.05) is 18.7 Å². The summed E-state index contributed by atoms with van der Waals surface area (Å²) >= 11 is 0. The fourth-order valence-electron chi connectivity index (χ4n) is 3.03. The molecule has 1 saturated heterocycles. The average molecular weight is 392 g/mol. The van der Waals surface area contributed by atoms with Crippen LogP contribution in [-0.4, -0.2) is 38.8 Å². The number of amides is 1. The highest BCUT2D eigenvalue weighted by Crippen LogP contribution is 2.26. The van der Waals surface area contributed by atoms with Gasteiger partial charge in [-0.25, -0.2) is 12.8 Å². The van der Waals surface area contributed by atoms with Crippen molar-refractivity contribution in [2.24, 2.45) is 0 Å². The van der Waals surface area contributed by atoms with Crippen molar-refractivity contribution in [1.29, 1.82) is 0 Å². The molecule has 8 heteroatoms. The number of nitrogens with one attached hydrogen (secondary N) is 1. The third kappa shape index (κ3) is 4.12. The van der Waals surface area contributed by atoms with Gasteiger partial charge in [-0.3, -0.25) is 4.79 Å². The number of carbonyl (C=O) groups is 1. The van der Waals surface area contributed by atoms with Crippen molar-refractivity contribution in [2.75, 3.05) is 25.5 Å². The summed E-state index contributed by atoms with van der Waals surface area (Å²) in [5, 5.41) is 2.66. The standard InChI is InChI=1S/C19H21FN2O4S/c1-26-17-8-4-3-7-16(17)21-19(23)14-9-10-15(20)18(13-14)27(24,25)22-11-5-2-6-12-22/h3-4,7-10,13H,2,5-6,11-12H2,1H3,(H,21,23). The van der Waals surface area contributed by atoms with E-state index >= 15 is 0 Å². The highest BCUT2D eigenvalue weighted by atomic mass is 32.2. The van der Waals surface area contributed by atoms with Gasteiger partial charge in [-0.2, -0.15) is 4.31 Å². The van der Waals surface area contributed by atoms with Crippen molar-refractivity contribution in [3.63, 3.8) is 0 Å². The summed E-state index contributed by atoms with van der Waals surface area (Å²) in [6, 6.07) is 10.2. The monoisotopic (exact) mass is 392 g/mol. The molecule has 1 aliphatic heterocycles. The zero-order valence-corrected chi connectivity index (χ0v) is 15.8. The van der Waals surface area contributed by atoms with Crippen molar-refractivity contribution in [3.05, 3.63) is 53.8 Å². The van der Waals surface area contributed by atoms with Crippen LogP contribution in [0.25, 0.3) is 0 Å². The molecular weight excluding hydrogens is 371 g/mol. The number of nitrogens with zero attached hydrogens (tertiary/aromatic N) is 1. The molecule has 0 aliphatic carbocycles. The van der Waals surface area contributed by atoms with Gasteiger partial charge in [0.2, 0.25) is 10.0 Å². The molecule has 1 N–H and O–H groups in total. The van der Waals surface area contributed by atoms with Gasteiger partial charge < -0.3 is 10.1 Å². The topological polar surface area (TPSA) is 75.7 Å². The average Bonchev–Trinajstić information content (AvgIpc) is 2.69. The van der Waals surface area contributed by atoms with Gasteiger partial charge in [-0.15, -0.1) is 0 Å². The number of piperidine rings is 1. The van der Waals surface area contributed by atoms with E-state index in [-0.39, 0.29) is 5.56 Å². The Bertz CT molecular complexity index is 940. The smallest absolute Gasteiger partial charge is 0.255 e. The van der Waals surface area contributed by atoms with Crippen LogP contribution in [-0.2, 0) is 10.0 Å². The van der Waals surface area contributed by atoms with Crippen LogP contribution < -0.4 is 10.1 Å². The van der Waals surface area contributed by atoms with Crippen LogP contribution in [0.15, 0.2) is 47.4 Å². The van der Waals surface area contributed by atoms with E-state index in [0.29, 0.717) is 24.5 Å². The molecule has 0 unspecified atom stereocenters. The molecule has 1 fully saturated rings. The van der Waals surface area contributed by atoms with Crippen LogP contribution in [0.5, 0.6) is 5.75 Å². The Balaban J connectivity index is 1.89. The summed E-state index contributed by atoms with van der Waals surface area (Å²) in [6.07, 6.45) is 2.44. The van der Waals surface area contributed by atoms with Crippen LogP contribution >= 0.6 is 0 Å². The lowest BCUT2D eigenvalue weighted by atomic mass is 10.2. The Kier molecular flexibility index (Phi) is 5.76. The number of halogens is 1. The quantitative estimate of drug-likeness (QED) is 0.847. The minimum atomic E-state index is -3.98. The summed E-state index contributed by atoms with van der Waals surface area (Å²) < 4.78 is 46.3. The molecule has 2 aromatic carbocycles. The molecule has 3 rings (SSSR count). The fraction of sp³-hybridized carbons (Fsp3) is 0.316. The Morgan fingerprint density at radius 2 is 1.81 bits per heavy atom. The first-order valence-corrected chi connectivity index (χ1v) is 10.1. The number of para-hydroxylation sites is 2. The van der Waals surface area contributed by atoms with E-state index in [1.807, 2.05) is 0 Å². The highest BCUT2D eigenvalue weighted by molar-refractivity contribution is 7.89. The number of hydrogen-bond donors (Lipinski definition) is 1. The molecule has 1 aliphatic rings. The van der Waals surface area contributed by atoms with Gasteiger partial charge in [-0.05, 0) is 43.2 Å². The minimum absolute atomic E-state index is 0.0536. The molecular formula is C19H21FN2O4S. The van der Waals surface area contributed by atoms with Crippen LogP contribution in [0.4, 0.5) is 10.1 Å². The molecule has 0 atom stereocenters. The fourth-order valence-corrected chi connectivity index (χ4v) is 4.64. The summed E-state index contributed by atoms with van der Waals surface area (Å²) in [4.78, 5) is 12.1. The number of rotatable bonds is 5.